The average molecular weight is 293 g/mol. The van der Waals surface area contributed by atoms with Gasteiger partial charge in [0.2, 0.25) is 0 Å². The van der Waals surface area contributed by atoms with Crippen LogP contribution in [0.4, 0.5) is 5.69 Å². The molecule has 1 aromatic heterocycles. The summed E-state index contributed by atoms with van der Waals surface area (Å²) in [5.41, 5.74) is 8.46. The van der Waals surface area contributed by atoms with Crippen LogP contribution in [0.5, 0.6) is 0 Å². The van der Waals surface area contributed by atoms with Crippen molar-refractivity contribution in [3.63, 3.8) is 0 Å². The van der Waals surface area contributed by atoms with Gasteiger partial charge >= 0.3 is 5.97 Å². The zero-order chi connectivity index (χ0) is 13.6. The van der Waals surface area contributed by atoms with Crippen molar-refractivity contribution in [3.8, 4) is 0 Å². The number of rotatable bonds is 2. The van der Waals surface area contributed by atoms with Crippen molar-refractivity contribution in [1.29, 1.82) is 0 Å². The fourth-order valence-electron chi connectivity index (χ4n) is 1.93. The molecule has 0 fully saturated rings. The third kappa shape index (κ3) is 2.19. The van der Waals surface area contributed by atoms with Crippen LogP contribution >= 0.6 is 23.1 Å². The largest absolute Gasteiger partial charge is 0.480 e. The predicted octanol–water partition coefficient (Wildman–Crippen LogP) is 2.13. The maximum Gasteiger partial charge on any atom is 0.329 e. The van der Waals surface area contributed by atoms with E-state index in [0.29, 0.717) is 16.5 Å². The average Bonchev–Trinajstić information content (AvgIpc) is 2.92. The van der Waals surface area contributed by atoms with Gasteiger partial charge in [0.15, 0.2) is 6.04 Å². The molecule has 0 spiro atoms. The molecule has 1 atom stereocenters. The number of aliphatic carboxylic acids is 1. The predicted molar refractivity (Wildman–Crippen MR) is 79.2 cm³/mol. The van der Waals surface area contributed by atoms with Gasteiger partial charge in [0, 0.05) is 11.4 Å². The highest BCUT2D eigenvalue weighted by atomic mass is 32.2. The van der Waals surface area contributed by atoms with Crippen LogP contribution in [0.1, 0.15) is 10.6 Å². The number of hydrogen-bond donors (Lipinski definition) is 2. The zero-order valence-electron chi connectivity index (χ0n) is 10.1. The summed E-state index contributed by atoms with van der Waals surface area (Å²) in [5, 5.41) is 10.4. The number of nitrogen functional groups attached to an aromatic ring is 1. The summed E-state index contributed by atoms with van der Waals surface area (Å²) in [6.45, 7) is 1.96. The first kappa shape index (κ1) is 12.4. The molecule has 1 aliphatic heterocycles. The SMILES string of the molecule is Cc1cc(N)cc2sc(C3=NC(C(=O)O)CS3)nc12. The van der Waals surface area contributed by atoms with Gasteiger partial charge in [-0.25, -0.2) is 9.78 Å². The van der Waals surface area contributed by atoms with Crippen LogP contribution in [0.15, 0.2) is 17.1 Å². The van der Waals surface area contributed by atoms with Gasteiger partial charge in [-0.15, -0.1) is 23.1 Å². The molecule has 7 heteroatoms. The Labute approximate surface area is 117 Å². The standard InChI is InChI=1S/C12H11N3O2S2/c1-5-2-6(13)3-8-9(5)15-11(19-8)10-14-7(4-18-10)12(16)17/h2-3,7H,4,13H2,1H3,(H,16,17). The summed E-state index contributed by atoms with van der Waals surface area (Å²) in [7, 11) is 0. The van der Waals surface area contributed by atoms with E-state index in [0.717, 1.165) is 20.8 Å². The minimum Gasteiger partial charge on any atom is -0.480 e. The van der Waals surface area contributed by atoms with E-state index >= 15 is 0 Å². The number of aryl methyl sites for hydroxylation is 1. The Morgan fingerprint density at radius 2 is 2.32 bits per heavy atom. The van der Waals surface area contributed by atoms with Gasteiger partial charge in [-0.05, 0) is 24.6 Å². The molecule has 1 aromatic carbocycles. The normalized spacial score (nSPS) is 18.8. The molecule has 1 aliphatic rings. The monoisotopic (exact) mass is 293 g/mol. The lowest BCUT2D eigenvalue weighted by molar-refractivity contribution is -0.137. The number of anilines is 1. The molecule has 2 heterocycles. The lowest BCUT2D eigenvalue weighted by Crippen LogP contribution is -2.17. The van der Waals surface area contributed by atoms with E-state index in [1.165, 1.54) is 23.1 Å². The summed E-state index contributed by atoms with van der Waals surface area (Å²) >= 11 is 2.94. The Morgan fingerprint density at radius 3 is 3.00 bits per heavy atom. The summed E-state index contributed by atoms with van der Waals surface area (Å²) in [6.07, 6.45) is 0. The van der Waals surface area contributed by atoms with E-state index in [2.05, 4.69) is 9.98 Å². The van der Waals surface area contributed by atoms with Crippen molar-refractivity contribution in [1.82, 2.24) is 4.98 Å². The highest BCUT2D eigenvalue weighted by Gasteiger charge is 2.27. The fraction of sp³-hybridized carbons (Fsp3) is 0.250. The second-order valence-corrected chi connectivity index (χ2v) is 6.34. The van der Waals surface area contributed by atoms with Crippen LogP contribution in [0.3, 0.4) is 0 Å². The van der Waals surface area contributed by atoms with E-state index < -0.39 is 12.0 Å². The van der Waals surface area contributed by atoms with Gasteiger partial charge in [-0.2, -0.15) is 0 Å². The Morgan fingerprint density at radius 1 is 1.53 bits per heavy atom. The number of carboxylic acid groups (broad SMARTS) is 1. The molecule has 3 rings (SSSR count). The topological polar surface area (TPSA) is 88.6 Å². The molecular weight excluding hydrogens is 282 g/mol. The van der Waals surface area contributed by atoms with Crippen LogP contribution in [0.2, 0.25) is 0 Å². The number of thioether (sulfide) groups is 1. The number of hydrogen-bond acceptors (Lipinski definition) is 6. The Hall–Kier alpha value is -1.60. The molecule has 2 aromatic rings. The number of fused-ring (bicyclic) bond motifs is 1. The third-order valence-corrected chi connectivity index (χ3v) is 5.02. The van der Waals surface area contributed by atoms with Crippen molar-refractivity contribution < 1.29 is 9.90 Å². The van der Waals surface area contributed by atoms with Crippen LogP contribution in [0.25, 0.3) is 10.2 Å². The summed E-state index contributed by atoms with van der Waals surface area (Å²) in [6, 6.07) is 3.12. The zero-order valence-corrected chi connectivity index (χ0v) is 11.7. The molecule has 0 saturated carbocycles. The Balaban J connectivity index is 2.05. The molecule has 0 amide bonds. The number of aromatic nitrogens is 1. The van der Waals surface area contributed by atoms with Crippen molar-refractivity contribution in [2.45, 2.75) is 13.0 Å². The summed E-state index contributed by atoms with van der Waals surface area (Å²) in [5.74, 6) is -0.411. The molecule has 1 unspecified atom stereocenters. The molecule has 3 N–H and O–H groups in total. The van der Waals surface area contributed by atoms with Crippen LogP contribution < -0.4 is 5.73 Å². The number of benzene rings is 1. The summed E-state index contributed by atoms with van der Waals surface area (Å²) < 4.78 is 1.01. The molecule has 0 saturated heterocycles. The van der Waals surface area contributed by atoms with E-state index in [1.807, 2.05) is 19.1 Å². The second-order valence-electron chi connectivity index (χ2n) is 4.30. The molecule has 0 radical (unpaired) electrons. The second kappa shape index (κ2) is 4.50. The first-order chi connectivity index (χ1) is 9.04. The number of nitrogens with two attached hydrogens (primary N) is 1. The highest BCUT2D eigenvalue weighted by Crippen LogP contribution is 2.32. The molecule has 5 nitrogen and oxygen atoms in total. The minimum atomic E-state index is -0.885. The number of carboxylic acids is 1. The van der Waals surface area contributed by atoms with E-state index in [-0.39, 0.29) is 0 Å². The van der Waals surface area contributed by atoms with Crippen LogP contribution in [-0.2, 0) is 4.79 Å². The Kier molecular flexibility index (Phi) is 2.94. The van der Waals surface area contributed by atoms with Crippen molar-refractivity contribution in [2.75, 3.05) is 11.5 Å². The van der Waals surface area contributed by atoms with E-state index in [4.69, 9.17) is 10.8 Å². The molecule has 19 heavy (non-hydrogen) atoms. The van der Waals surface area contributed by atoms with Crippen molar-refractivity contribution >= 4 is 50.0 Å². The van der Waals surface area contributed by atoms with Crippen LogP contribution in [-0.4, -0.2) is 32.9 Å². The maximum absolute atomic E-state index is 10.9. The van der Waals surface area contributed by atoms with Gasteiger partial charge in [0.05, 0.1) is 10.2 Å². The van der Waals surface area contributed by atoms with E-state index in [9.17, 15) is 4.79 Å². The minimum absolute atomic E-state index is 0.474. The number of carbonyl (C=O) groups is 1. The lowest BCUT2D eigenvalue weighted by Gasteiger charge is -1.96. The molecule has 98 valence electrons. The fourth-order valence-corrected chi connectivity index (χ4v) is 4.12. The Bertz CT molecular complexity index is 708. The first-order valence-electron chi connectivity index (χ1n) is 5.65. The van der Waals surface area contributed by atoms with Gasteiger partial charge in [0.1, 0.15) is 10.1 Å². The van der Waals surface area contributed by atoms with Gasteiger partial charge in [0.25, 0.3) is 0 Å². The molecular formula is C12H11N3O2S2. The summed E-state index contributed by atoms with van der Waals surface area (Å²) in [4.78, 5) is 19.6. The first-order valence-corrected chi connectivity index (χ1v) is 7.45. The number of aliphatic imine (C=N–C) groups is 1. The van der Waals surface area contributed by atoms with Crippen LogP contribution in [0, 0.1) is 6.92 Å². The third-order valence-electron chi connectivity index (χ3n) is 2.83. The molecule has 0 aliphatic carbocycles. The van der Waals surface area contributed by atoms with Gasteiger partial charge in [-0.1, -0.05) is 0 Å². The van der Waals surface area contributed by atoms with Crippen molar-refractivity contribution in [2.24, 2.45) is 4.99 Å². The maximum atomic E-state index is 10.9. The smallest absolute Gasteiger partial charge is 0.329 e. The molecule has 0 bridgehead atoms. The number of nitrogens with zero attached hydrogens (tertiary/aromatic N) is 2. The quantitative estimate of drug-likeness (QED) is 0.828. The number of thiazole rings is 1. The highest BCUT2D eigenvalue weighted by molar-refractivity contribution is 8.15. The van der Waals surface area contributed by atoms with Crippen molar-refractivity contribution in [3.05, 3.63) is 22.7 Å². The van der Waals surface area contributed by atoms with E-state index in [1.54, 1.807) is 0 Å². The lowest BCUT2D eigenvalue weighted by atomic mass is 10.2. The van der Waals surface area contributed by atoms with Gasteiger partial charge < -0.3 is 10.8 Å². The van der Waals surface area contributed by atoms with Gasteiger partial charge in [-0.3, -0.25) is 4.99 Å².